The zero-order valence-corrected chi connectivity index (χ0v) is 12.7. The van der Waals surface area contributed by atoms with Gasteiger partial charge in [0.15, 0.2) is 0 Å². The van der Waals surface area contributed by atoms with Crippen molar-refractivity contribution in [3.8, 4) is 0 Å². The highest BCUT2D eigenvalue weighted by molar-refractivity contribution is 5.51. The van der Waals surface area contributed by atoms with Crippen LogP contribution in [0.2, 0.25) is 0 Å². The van der Waals surface area contributed by atoms with E-state index in [1.165, 1.54) is 48.9 Å². The van der Waals surface area contributed by atoms with Gasteiger partial charge in [-0.1, -0.05) is 25.3 Å². The predicted molar refractivity (Wildman–Crippen MR) is 83.8 cm³/mol. The molecule has 1 aromatic carbocycles. The van der Waals surface area contributed by atoms with Gasteiger partial charge in [0.2, 0.25) is 0 Å². The van der Waals surface area contributed by atoms with Crippen LogP contribution < -0.4 is 10.2 Å². The van der Waals surface area contributed by atoms with Crippen LogP contribution in [0, 0.1) is 6.92 Å². The van der Waals surface area contributed by atoms with Crippen LogP contribution in [0.4, 0.5) is 5.69 Å². The summed E-state index contributed by atoms with van der Waals surface area (Å²) in [6.07, 6.45) is 6.96. The van der Waals surface area contributed by atoms with Gasteiger partial charge < -0.3 is 10.2 Å². The molecular weight excluding hydrogens is 232 g/mol. The van der Waals surface area contributed by atoms with Crippen molar-refractivity contribution in [1.29, 1.82) is 0 Å². The van der Waals surface area contributed by atoms with Crippen LogP contribution in [0.25, 0.3) is 0 Å². The number of aryl methyl sites for hydroxylation is 1. The van der Waals surface area contributed by atoms with Gasteiger partial charge in [-0.15, -0.1) is 0 Å². The summed E-state index contributed by atoms with van der Waals surface area (Å²) in [7, 11) is 2.01. The molecular formula is C17H28N2. The molecule has 1 saturated carbocycles. The standard InChI is InChI=1S/C17H28N2/c1-4-19(16-8-6-5-7-9-16)17-11-10-15(13-18-3)14(2)12-17/h10-12,16,18H,4-9,13H2,1-3H3. The molecule has 1 aliphatic rings. The molecule has 1 N–H and O–H groups in total. The third kappa shape index (κ3) is 3.50. The van der Waals surface area contributed by atoms with Gasteiger partial charge in [-0.2, -0.15) is 0 Å². The number of benzene rings is 1. The lowest BCUT2D eigenvalue weighted by Gasteiger charge is -2.35. The van der Waals surface area contributed by atoms with Crippen LogP contribution >= 0.6 is 0 Å². The van der Waals surface area contributed by atoms with Crippen molar-refractivity contribution in [3.63, 3.8) is 0 Å². The number of anilines is 1. The monoisotopic (exact) mass is 260 g/mol. The number of hydrogen-bond acceptors (Lipinski definition) is 2. The average Bonchev–Trinajstić information content (AvgIpc) is 2.44. The van der Waals surface area contributed by atoms with Crippen LogP contribution in [0.15, 0.2) is 18.2 Å². The molecule has 0 spiro atoms. The number of rotatable bonds is 5. The minimum atomic E-state index is 0.758. The van der Waals surface area contributed by atoms with Crippen molar-refractivity contribution in [1.82, 2.24) is 5.32 Å². The van der Waals surface area contributed by atoms with Crippen LogP contribution in [0.3, 0.4) is 0 Å². The lowest BCUT2D eigenvalue weighted by Crippen LogP contribution is -2.36. The molecule has 2 nitrogen and oxygen atoms in total. The van der Waals surface area contributed by atoms with Gasteiger partial charge in [0.1, 0.15) is 0 Å². The Bertz CT molecular complexity index is 394. The smallest absolute Gasteiger partial charge is 0.0371 e. The molecule has 0 bridgehead atoms. The quantitative estimate of drug-likeness (QED) is 0.864. The Kier molecular flexibility index (Phi) is 5.26. The molecule has 0 atom stereocenters. The summed E-state index contributed by atoms with van der Waals surface area (Å²) in [6, 6.07) is 7.71. The zero-order valence-electron chi connectivity index (χ0n) is 12.7. The zero-order chi connectivity index (χ0) is 13.7. The van der Waals surface area contributed by atoms with Gasteiger partial charge in [-0.3, -0.25) is 0 Å². The maximum Gasteiger partial charge on any atom is 0.0371 e. The molecule has 0 unspecified atom stereocenters. The van der Waals surface area contributed by atoms with E-state index in [2.05, 4.69) is 42.3 Å². The number of hydrogen-bond donors (Lipinski definition) is 1. The highest BCUT2D eigenvalue weighted by Crippen LogP contribution is 2.28. The Labute approximate surface area is 118 Å². The average molecular weight is 260 g/mol. The van der Waals surface area contributed by atoms with Crippen molar-refractivity contribution in [2.75, 3.05) is 18.5 Å². The van der Waals surface area contributed by atoms with Crippen LogP contribution in [0.5, 0.6) is 0 Å². The van der Waals surface area contributed by atoms with Crippen LogP contribution in [-0.4, -0.2) is 19.6 Å². The first kappa shape index (κ1) is 14.4. The second-order valence-corrected chi connectivity index (χ2v) is 5.72. The van der Waals surface area contributed by atoms with E-state index in [-0.39, 0.29) is 0 Å². The van der Waals surface area contributed by atoms with Gasteiger partial charge >= 0.3 is 0 Å². The molecule has 2 heteroatoms. The fourth-order valence-corrected chi connectivity index (χ4v) is 3.29. The number of nitrogens with zero attached hydrogens (tertiary/aromatic N) is 1. The van der Waals surface area contributed by atoms with E-state index >= 15 is 0 Å². The van der Waals surface area contributed by atoms with Gasteiger partial charge in [-0.25, -0.2) is 0 Å². The highest BCUT2D eigenvalue weighted by atomic mass is 15.2. The van der Waals surface area contributed by atoms with E-state index in [1.54, 1.807) is 0 Å². The van der Waals surface area contributed by atoms with E-state index in [0.29, 0.717) is 0 Å². The molecule has 0 amide bonds. The molecule has 19 heavy (non-hydrogen) atoms. The molecule has 1 fully saturated rings. The molecule has 0 saturated heterocycles. The second-order valence-electron chi connectivity index (χ2n) is 5.72. The van der Waals surface area contributed by atoms with E-state index in [9.17, 15) is 0 Å². The maximum absolute atomic E-state index is 3.24. The Morgan fingerprint density at radius 1 is 1.21 bits per heavy atom. The minimum Gasteiger partial charge on any atom is -0.369 e. The Balaban J connectivity index is 2.15. The molecule has 0 aromatic heterocycles. The van der Waals surface area contributed by atoms with Gasteiger partial charge in [0, 0.05) is 24.8 Å². The van der Waals surface area contributed by atoms with E-state index in [4.69, 9.17) is 0 Å². The third-order valence-corrected chi connectivity index (χ3v) is 4.38. The van der Waals surface area contributed by atoms with E-state index < -0.39 is 0 Å². The summed E-state index contributed by atoms with van der Waals surface area (Å²) in [5, 5.41) is 3.24. The summed E-state index contributed by atoms with van der Waals surface area (Å²) in [4.78, 5) is 2.61. The molecule has 0 aliphatic heterocycles. The van der Waals surface area contributed by atoms with Crippen LogP contribution in [0.1, 0.15) is 50.2 Å². The van der Waals surface area contributed by atoms with Crippen molar-refractivity contribution in [2.24, 2.45) is 0 Å². The highest BCUT2D eigenvalue weighted by Gasteiger charge is 2.20. The van der Waals surface area contributed by atoms with Gasteiger partial charge in [-0.05, 0) is 57.0 Å². The van der Waals surface area contributed by atoms with Crippen molar-refractivity contribution < 1.29 is 0 Å². The molecule has 1 aromatic rings. The SMILES string of the molecule is CCN(c1ccc(CNC)c(C)c1)C1CCCCC1. The Hall–Kier alpha value is -1.02. The third-order valence-electron chi connectivity index (χ3n) is 4.38. The van der Waals surface area contributed by atoms with Gasteiger partial charge in [0.05, 0.1) is 0 Å². The molecule has 0 radical (unpaired) electrons. The minimum absolute atomic E-state index is 0.758. The largest absolute Gasteiger partial charge is 0.369 e. The normalized spacial score (nSPS) is 16.6. The van der Waals surface area contributed by atoms with Gasteiger partial charge in [0.25, 0.3) is 0 Å². The van der Waals surface area contributed by atoms with E-state index in [0.717, 1.165) is 19.1 Å². The Morgan fingerprint density at radius 2 is 1.95 bits per heavy atom. The predicted octanol–water partition coefficient (Wildman–Crippen LogP) is 3.87. The first-order valence-electron chi connectivity index (χ1n) is 7.77. The van der Waals surface area contributed by atoms with Crippen molar-refractivity contribution in [2.45, 2.75) is 58.5 Å². The topological polar surface area (TPSA) is 15.3 Å². The van der Waals surface area contributed by atoms with Crippen molar-refractivity contribution in [3.05, 3.63) is 29.3 Å². The summed E-state index contributed by atoms with van der Waals surface area (Å²) in [6.45, 7) is 6.59. The first-order valence-corrected chi connectivity index (χ1v) is 7.77. The molecule has 2 rings (SSSR count). The van der Waals surface area contributed by atoms with E-state index in [1.807, 2.05) is 7.05 Å². The molecule has 1 aliphatic carbocycles. The first-order chi connectivity index (χ1) is 9.26. The number of nitrogens with one attached hydrogen (secondary N) is 1. The fourth-order valence-electron chi connectivity index (χ4n) is 3.29. The summed E-state index contributed by atoms with van der Waals surface area (Å²) in [5.41, 5.74) is 4.22. The lowest BCUT2D eigenvalue weighted by atomic mass is 9.93. The summed E-state index contributed by atoms with van der Waals surface area (Å²) in [5.74, 6) is 0. The fraction of sp³-hybridized carbons (Fsp3) is 0.647. The maximum atomic E-state index is 3.24. The summed E-state index contributed by atoms with van der Waals surface area (Å²) >= 11 is 0. The van der Waals surface area contributed by atoms with Crippen molar-refractivity contribution >= 4 is 5.69 Å². The lowest BCUT2D eigenvalue weighted by molar-refractivity contribution is 0.418. The molecule has 106 valence electrons. The summed E-state index contributed by atoms with van der Waals surface area (Å²) < 4.78 is 0. The second kappa shape index (κ2) is 6.95. The van der Waals surface area contributed by atoms with Crippen LogP contribution in [-0.2, 0) is 6.54 Å². The Morgan fingerprint density at radius 3 is 2.53 bits per heavy atom. The molecule has 0 heterocycles.